The summed E-state index contributed by atoms with van der Waals surface area (Å²) in [5.41, 5.74) is 7.20. The predicted octanol–water partition coefficient (Wildman–Crippen LogP) is 10.1. The first-order chi connectivity index (χ1) is 19.8. The third-order valence-electron chi connectivity index (χ3n) is 7.86. The fourth-order valence-electron chi connectivity index (χ4n) is 5.85. The molecular weight excluding hydrogens is 484 g/mol. The van der Waals surface area contributed by atoms with Gasteiger partial charge in [-0.15, -0.1) is 0 Å². The van der Waals surface area contributed by atoms with Crippen LogP contribution in [0.5, 0.6) is 0 Å². The second kappa shape index (κ2) is 9.14. The number of rotatable bonds is 3. The molecule has 8 aromatic rings. The van der Waals surface area contributed by atoms with Gasteiger partial charge in [0, 0.05) is 16.3 Å². The Bertz CT molecular complexity index is 2210. The van der Waals surface area contributed by atoms with E-state index in [9.17, 15) is 0 Å². The summed E-state index contributed by atoms with van der Waals surface area (Å²) in [7, 11) is 0. The van der Waals surface area contributed by atoms with Crippen LogP contribution >= 0.6 is 0 Å². The summed E-state index contributed by atoms with van der Waals surface area (Å²) >= 11 is 0. The minimum Gasteiger partial charge on any atom is -0.246 e. The van der Waals surface area contributed by atoms with E-state index in [-0.39, 0.29) is 0 Å². The molecule has 0 radical (unpaired) electrons. The van der Waals surface area contributed by atoms with Crippen LogP contribution in [0.3, 0.4) is 0 Å². The molecule has 0 saturated carbocycles. The minimum absolute atomic E-state index is 0.880. The van der Waals surface area contributed by atoms with Gasteiger partial charge in [0.2, 0.25) is 0 Å². The number of pyridine rings is 2. The molecule has 40 heavy (non-hydrogen) atoms. The Balaban J connectivity index is 1.17. The lowest BCUT2D eigenvalue weighted by Crippen LogP contribution is -1.93. The summed E-state index contributed by atoms with van der Waals surface area (Å²) in [5, 5.41) is 8.58. The van der Waals surface area contributed by atoms with E-state index in [1.165, 1.54) is 38.1 Å². The van der Waals surface area contributed by atoms with Gasteiger partial charge >= 0.3 is 0 Å². The Morgan fingerprint density at radius 3 is 1.82 bits per heavy atom. The van der Waals surface area contributed by atoms with E-state index < -0.39 is 0 Å². The van der Waals surface area contributed by atoms with Crippen molar-refractivity contribution in [2.24, 2.45) is 0 Å². The van der Waals surface area contributed by atoms with Crippen LogP contribution in [0, 0.1) is 0 Å². The van der Waals surface area contributed by atoms with Crippen LogP contribution in [0.15, 0.2) is 146 Å². The van der Waals surface area contributed by atoms with Crippen LogP contribution < -0.4 is 0 Å². The third-order valence-corrected chi connectivity index (χ3v) is 7.86. The van der Waals surface area contributed by atoms with Gasteiger partial charge in [-0.25, -0.2) is 9.97 Å². The van der Waals surface area contributed by atoms with Gasteiger partial charge < -0.3 is 0 Å². The zero-order chi connectivity index (χ0) is 26.5. The van der Waals surface area contributed by atoms with E-state index in [1.54, 1.807) is 0 Å². The van der Waals surface area contributed by atoms with Crippen LogP contribution in [0.1, 0.15) is 0 Å². The Hall–Kier alpha value is -5.34. The minimum atomic E-state index is 0.880. The first-order valence-corrected chi connectivity index (χ1v) is 13.6. The van der Waals surface area contributed by atoms with E-state index in [1.807, 2.05) is 6.07 Å². The van der Waals surface area contributed by atoms with E-state index in [0.29, 0.717) is 0 Å². The fourth-order valence-corrected chi connectivity index (χ4v) is 5.85. The lowest BCUT2D eigenvalue weighted by molar-refractivity contribution is 1.29. The van der Waals surface area contributed by atoms with Crippen LogP contribution in [0.4, 0.5) is 0 Å². The third kappa shape index (κ3) is 3.73. The Morgan fingerprint density at radius 2 is 0.950 bits per heavy atom. The van der Waals surface area contributed by atoms with Crippen LogP contribution in [0.2, 0.25) is 0 Å². The predicted molar refractivity (Wildman–Crippen MR) is 168 cm³/mol. The van der Waals surface area contributed by atoms with E-state index in [4.69, 9.17) is 9.97 Å². The second-order valence-corrected chi connectivity index (χ2v) is 10.2. The van der Waals surface area contributed by atoms with Crippen molar-refractivity contribution in [3.63, 3.8) is 0 Å². The van der Waals surface area contributed by atoms with Crippen molar-refractivity contribution in [1.82, 2.24) is 9.97 Å². The molecule has 2 heterocycles. The van der Waals surface area contributed by atoms with Crippen molar-refractivity contribution in [3.8, 4) is 33.8 Å². The Kier molecular flexibility index (Phi) is 5.17. The molecule has 8 rings (SSSR count). The van der Waals surface area contributed by atoms with Crippen molar-refractivity contribution in [2.75, 3.05) is 0 Å². The molecule has 0 amide bonds. The van der Waals surface area contributed by atoms with E-state index in [0.717, 1.165) is 38.9 Å². The van der Waals surface area contributed by atoms with E-state index in [2.05, 4.69) is 140 Å². The number of hydrogen-bond donors (Lipinski definition) is 0. The maximum atomic E-state index is 5.08. The number of fused-ring (bicyclic) bond motifs is 6. The normalized spacial score (nSPS) is 11.5. The number of hydrogen-bond acceptors (Lipinski definition) is 2. The van der Waals surface area contributed by atoms with Gasteiger partial charge in [0.25, 0.3) is 0 Å². The summed E-state index contributed by atoms with van der Waals surface area (Å²) in [6.07, 6.45) is 0. The standard InChI is InChI=1S/C38H24N2/c1-2-9-30-26(8-1)18-21-29-24-28(22-23-31(29)30)25-16-19-27(20-17-25)35-14-7-15-37(39-35)38-34-12-4-3-10-32(34)33-11-5-6-13-36(33)40-38/h1-24H. The molecular formula is C38H24N2. The Labute approximate surface area is 232 Å². The summed E-state index contributed by atoms with van der Waals surface area (Å²) in [5.74, 6) is 0. The number of nitrogens with zero attached hydrogens (tertiary/aromatic N) is 2. The van der Waals surface area contributed by atoms with Gasteiger partial charge in [-0.05, 0) is 62.3 Å². The summed E-state index contributed by atoms with van der Waals surface area (Å²) in [4.78, 5) is 10.1. The molecule has 2 heteroatoms. The molecule has 0 unspecified atom stereocenters. The topological polar surface area (TPSA) is 25.8 Å². The molecule has 0 aliphatic carbocycles. The number of para-hydroxylation sites is 1. The summed E-state index contributed by atoms with van der Waals surface area (Å²) < 4.78 is 0. The van der Waals surface area contributed by atoms with Crippen molar-refractivity contribution < 1.29 is 0 Å². The SMILES string of the molecule is c1cc(-c2ccc(-c3ccc4c(ccc5ccccc54)c3)cc2)nc(-c2nc3ccccc3c3ccccc23)c1. The fraction of sp³-hybridized carbons (Fsp3) is 0. The lowest BCUT2D eigenvalue weighted by atomic mass is 9.96. The number of benzene rings is 6. The van der Waals surface area contributed by atoms with Crippen molar-refractivity contribution in [3.05, 3.63) is 146 Å². The molecule has 0 bridgehead atoms. The van der Waals surface area contributed by atoms with Crippen LogP contribution in [0.25, 0.3) is 77.0 Å². The second-order valence-electron chi connectivity index (χ2n) is 10.2. The molecule has 186 valence electrons. The van der Waals surface area contributed by atoms with Gasteiger partial charge in [-0.1, -0.05) is 121 Å². The smallest absolute Gasteiger partial charge is 0.0972 e. The lowest BCUT2D eigenvalue weighted by Gasteiger charge is -2.11. The zero-order valence-corrected chi connectivity index (χ0v) is 21.8. The van der Waals surface area contributed by atoms with Crippen molar-refractivity contribution in [2.45, 2.75) is 0 Å². The van der Waals surface area contributed by atoms with Gasteiger partial charge in [0.05, 0.1) is 22.6 Å². The molecule has 0 aliphatic heterocycles. The molecule has 2 aromatic heterocycles. The van der Waals surface area contributed by atoms with Crippen LogP contribution in [-0.4, -0.2) is 9.97 Å². The molecule has 0 saturated heterocycles. The molecule has 2 nitrogen and oxygen atoms in total. The highest BCUT2D eigenvalue weighted by Gasteiger charge is 2.12. The van der Waals surface area contributed by atoms with E-state index >= 15 is 0 Å². The van der Waals surface area contributed by atoms with Crippen molar-refractivity contribution >= 4 is 43.2 Å². The van der Waals surface area contributed by atoms with Gasteiger partial charge in [0.15, 0.2) is 0 Å². The first-order valence-electron chi connectivity index (χ1n) is 13.6. The monoisotopic (exact) mass is 508 g/mol. The molecule has 0 fully saturated rings. The quantitative estimate of drug-likeness (QED) is 0.222. The molecule has 0 N–H and O–H groups in total. The molecule has 0 spiro atoms. The van der Waals surface area contributed by atoms with Gasteiger partial charge in [0.1, 0.15) is 0 Å². The average molecular weight is 509 g/mol. The average Bonchev–Trinajstić information content (AvgIpc) is 3.04. The molecule has 6 aromatic carbocycles. The number of aromatic nitrogens is 2. The zero-order valence-electron chi connectivity index (χ0n) is 21.8. The van der Waals surface area contributed by atoms with Gasteiger partial charge in [-0.3, -0.25) is 0 Å². The highest BCUT2D eigenvalue weighted by molar-refractivity contribution is 6.11. The maximum Gasteiger partial charge on any atom is 0.0972 e. The van der Waals surface area contributed by atoms with Crippen molar-refractivity contribution in [1.29, 1.82) is 0 Å². The van der Waals surface area contributed by atoms with Crippen LogP contribution in [-0.2, 0) is 0 Å². The Morgan fingerprint density at radius 1 is 0.325 bits per heavy atom. The highest BCUT2D eigenvalue weighted by atomic mass is 14.8. The summed E-state index contributed by atoms with van der Waals surface area (Å²) in [6, 6.07) is 51.4. The highest BCUT2D eigenvalue weighted by Crippen LogP contribution is 2.34. The molecule has 0 aliphatic rings. The first kappa shape index (κ1) is 22.6. The summed E-state index contributed by atoms with van der Waals surface area (Å²) in [6.45, 7) is 0. The maximum absolute atomic E-state index is 5.08. The molecule has 0 atom stereocenters. The van der Waals surface area contributed by atoms with Gasteiger partial charge in [-0.2, -0.15) is 0 Å². The largest absolute Gasteiger partial charge is 0.246 e.